The van der Waals surface area contributed by atoms with Gasteiger partial charge in [-0.15, -0.1) is 0 Å². The van der Waals surface area contributed by atoms with Crippen LogP contribution in [0.2, 0.25) is 0 Å². The van der Waals surface area contributed by atoms with E-state index in [-0.39, 0.29) is 5.97 Å². The van der Waals surface area contributed by atoms with Gasteiger partial charge >= 0.3 is 5.97 Å². The van der Waals surface area contributed by atoms with Crippen molar-refractivity contribution in [3.63, 3.8) is 0 Å². The second kappa shape index (κ2) is 7.67. The molecule has 0 amide bonds. The minimum Gasteiger partial charge on any atom is -0.495 e. The topological polar surface area (TPSA) is 35.5 Å². The summed E-state index contributed by atoms with van der Waals surface area (Å²) in [4.78, 5) is 11.4. The second-order valence-corrected chi connectivity index (χ2v) is 5.05. The van der Waals surface area contributed by atoms with Crippen LogP contribution < -0.4 is 4.74 Å². The first-order valence-electron chi connectivity index (χ1n) is 6.61. The summed E-state index contributed by atoms with van der Waals surface area (Å²) >= 11 is 3.42. The van der Waals surface area contributed by atoms with Gasteiger partial charge in [-0.05, 0) is 42.0 Å². The minimum absolute atomic E-state index is 0.355. The van der Waals surface area contributed by atoms with Crippen molar-refractivity contribution in [2.45, 2.75) is 5.33 Å². The Hall–Kier alpha value is -2.25. The number of esters is 1. The molecule has 0 saturated heterocycles. The third-order valence-corrected chi connectivity index (χ3v) is 3.72. The molecule has 4 heteroatoms. The molecule has 2 rings (SSSR count). The van der Waals surface area contributed by atoms with Gasteiger partial charge < -0.3 is 9.47 Å². The van der Waals surface area contributed by atoms with Gasteiger partial charge in [0.05, 0.1) is 25.3 Å². The lowest BCUT2D eigenvalue weighted by Gasteiger charge is -2.04. The van der Waals surface area contributed by atoms with E-state index in [1.165, 1.54) is 7.11 Å². The lowest BCUT2D eigenvalue weighted by molar-refractivity contribution is 0.0600. The zero-order chi connectivity index (χ0) is 15.9. The molecule has 0 radical (unpaired) electrons. The molecule has 3 nitrogen and oxygen atoms in total. The lowest BCUT2D eigenvalue weighted by Crippen LogP contribution is -2.00. The van der Waals surface area contributed by atoms with Crippen molar-refractivity contribution in [3.05, 3.63) is 64.7 Å². The first-order chi connectivity index (χ1) is 10.7. The molecule has 0 N–H and O–H groups in total. The van der Waals surface area contributed by atoms with E-state index < -0.39 is 0 Å². The summed E-state index contributed by atoms with van der Waals surface area (Å²) in [5.41, 5.74) is 3.28. The highest BCUT2D eigenvalue weighted by Crippen LogP contribution is 2.20. The Morgan fingerprint density at radius 1 is 1.09 bits per heavy atom. The smallest absolute Gasteiger partial charge is 0.337 e. The number of benzene rings is 2. The summed E-state index contributed by atoms with van der Waals surface area (Å²) in [7, 11) is 2.99. The summed E-state index contributed by atoms with van der Waals surface area (Å²) in [6.45, 7) is 0. The standard InChI is InChI=1S/C18H15BrO3/c1-21-17-11-14(12-19)6-8-15(17)7-3-13-4-9-16(10-5-13)18(20)22-2/h4-6,8-11H,12H2,1-2H3. The molecule has 0 fully saturated rings. The van der Waals surface area contributed by atoms with E-state index in [4.69, 9.17) is 4.74 Å². The van der Waals surface area contributed by atoms with E-state index in [0.29, 0.717) is 5.56 Å². The fourth-order valence-corrected chi connectivity index (χ4v) is 2.22. The predicted molar refractivity (Wildman–Crippen MR) is 89.4 cm³/mol. The van der Waals surface area contributed by atoms with Crippen molar-refractivity contribution in [2.75, 3.05) is 14.2 Å². The highest BCUT2D eigenvalue weighted by molar-refractivity contribution is 9.08. The van der Waals surface area contributed by atoms with E-state index >= 15 is 0 Å². The molecular weight excluding hydrogens is 344 g/mol. The number of halogens is 1. The first kappa shape index (κ1) is 16.1. The normalized spacial score (nSPS) is 9.59. The Morgan fingerprint density at radius 2 is 1.82 bits per heavy atom. The first-order valence-corrected chi connectivity index (χ1v) is 7.73. The van der Waals surface area contributed by atoms with Crippen molar-refractivity contribution in [2.24, 2.45) is 0 Å². The Morgan fingerprint density at radius 3 is 2.41 bits per heavy atom. The highest BCUT2D eigenvalue weighted by atomic mass is 79.9. The summed E-state index contributed by atoms with van der Waals surface area (Å²) in [5.74, 6) is 6.54. The molecule has 0 aliphatic carbocycles. The van der Waals surface area contributed by atoms with Crippen molar-refractivity contribution in [1.29, 1.82) is 0 Å². The maximum absolute atomic E-state index is 11.4. The molecule has 0 saturated carbocycles. The van der Waals surface area contributed by atoms with Gasteiger partial charge in [0.2, 0.25) is 0 Å². The number of rotatable bonds is 3. The second-order valence-electron chi connectivity index (χ2n) is 4.49. The van der Waals surface area contributed by atoms with Crippen LogP contribution in [0.15, 0.2) is 42.5 Å². The number of hydrogen-bond donors (Lipinski definition) is 0. The van der Waals surface area contributed by atoms with Crippen LogP contribution in [0.1, 0.15) is 27.0 Å². The Kier molecular flexibility index (Phi) is 5.62. The van der Waals surface area contributed by atoms with Gasteiger partial charge in [-0.1, -0.05) is 33.8 Å². The maximum atomic E-state index is 11.4. The highest BCUT2D eigenvalue weighted by Gasteiger charge is 2.04. The molecule has 22 heavy (non-hydrogen) atoms. The summed E-state index contributed by atoms with van der Waals surface area (Å²) in [5, 5.41) is 0.770. The van der Waals surface area contributed by atoms with Crippen molar-refractivity contribution < 1.29 is 14.3 Å². The lowest BCUT2D eigenvalue weighted by atomic mass is 10.1. The Balaban J connectivity index is 2.25. The average Bonchev–Trinajstić information content (AvgIpc) is 2.59. The van der Waals surface area contributed by atoms with Gasteiger partial charge in [0.15, 0.2) is 0 Å². The van der Waals surface area contributed by atoms with E-state index in [1.807, 2.05) is 18.2 Å². The molecule has 0 aliphatic rings. The summed E-state index contributed by atoms with van der Waals surface area (Å²) in [6.07, 6.45) is 0. The van der Waals surface area contributed by atoms with Gasteiger partial charge in [-0.25, -0.2) is 4.79 Å². The largest absolute Gasteiger partial charge is 0.495 e. The fraction of sp³-hybridized carbons (Fsp3) is 0.167. The number of methoxy groups -OCH3 is 2. The molecule has 0 heterocycles. The maximum Gasteiger partial charge on any atom is 0.337 e. The molecule has 0 unspecified atom stereocenters. The molecule has 0 aliphatic heterocycles. The van der Waals surface area contributed by atoms with Gasteiger partial charge in [0.25, 0.3) is 0 Å². The molecule has 0 spiro atoms. The monoisotopic (exact) mass is 358 g/mol. The van der Waals surface area contributed by atoms with Crippen LogP contribution in [0.25, 0.3) is 0 Å². The fourth-order valence-electron chi connectivity index (χ4n) is 1.87. The third kappa shape index (κ3) is 3.90. The van der Waals surface area contributed by atoms with Crippen LogP contribution in [0.4, 0.5) is 0 Å². The van der Waals surface area contributed by atoms with E-state index in [2.05, 4.69) is 32.5 Å². The van der Waals surface area contributed by atoms with Gasteiger partial charge in [0.1, 0.15) is 5.75 Å². The van der Waals surface area contributed by atoms with Gasteiger partial charge in [-0.3, -0.25) is 0 Å². The van der Waals surface area contributed by atoms with Crippen LogP contribution in [0, 0.1) is 11.8 Å². The minimum atomic E-state index is -0.355. The molecule has 112 valence electrons. The number of carbonyl (C=O) groups excluding carboxylic acids is 1. The number of hydrogen-bond acceptors (Lipinski definition) is 3. The van der Waals surface area contributed by atoms with Gasteiger partial charge in [0, 0.05) is 10.9 Å². The zero-order valence-electron chi connectivity index (χ0n) is 12.4. The molecule has 0 atom stereocenters. The average molecular weight is 359 g/mol. The molecule has 0 aromatic heterocycles. The van der Waals surface area contributed by atoms with E-state index in [0.717, 1.165) is 27.8 Å². The van der Waals surface area contributed by atoms with Crippen LogP contribution in [0.3, 0.4) is 0 Å². The number of carbonyl (C=O) groups is 1. The molecule has 2 aromatic rings. The molecule has 0 bridgehead atoms. The van der Waals surface area contributed by atoms with Crippen molar-refractivity contribution in [3.8, 4) is 17.6 Å². The third-order valence-electron chi connectivity index (χ3n) is 3.07. The van der Waals surface area contributed by atoms with Gasteiger partial charge in [-0.2, -0.15) is 0 Å². The number of ether oxygens (including phenoxy) is 2. The van der Waals surface area contributed by atoms with E-state index in [9.17, 15) is 4.79 Å². The number of alkyl halides is 1. The van der Waals surface area contributed by atoms with Crippen molar-refractivity contribution in [1.82, 2.24) is 0 Å². The summed E-state index contributed by atoms with van der Waals surface area (Å²) in [6, 6.07) is 12.9. The zero-order valence-corrected chi connectivity index (χ0v) is 13.9. The summed E-state index contributed by atoms with van der Waals surface area (Å²) < 4.78 is 10.0. The molecule has 2 aromatic carbocycles. The van der Waals surface area contributed by atoms with Crippen molar-refractivity contribution >= 4 is 21.9 Å². The van der Waals surface area contributed by atoms with Crippen LogP contribution in [-0.4, -0.2) is 20.2 Å². The quantitative estimate of drug-likeness (QED) is 0.475. The molecular formula is C18H15BrO3. The Bertz CT molecular complexity index is 724. The SMILES string of the molecule is COC(=O)c1ccc(C#Cc2ccc(CBr)cc2OC)cc1. The Labute approximate surface area is 138 Å². The van der Waals surface area contributed by atoms with Crippen LogP contribution in [-0.2, 0) is 10.1 Å². The van der Waals surface area contributed by atoms with Crippen LogP contribution in [0.5, 0.6) is 5.75 Å². The van der Waals surface area contributed by atoms with E-state index in [1.54, 1.807) is 31.4 Å². The predicted octanol–water partition coefficient (Wildman–Crippen LogP) is 3.78. The van der Waals surface area contributed by atoms with Crippen LogP contribution >= 0.6 is 15.9 Å².